The Morgan fingerprint density at radius 2 is 2.17 bits per heavy atom. The van der Waals surface area contributed by atoms with Crippen LogP contribution in [0.1, 0.15) is 31.4 Å². The Morgan fingerprint density at radius 3 is 2.83 bits per heavy atom. The van der Waals surface area contributed by atoms with Crippen molar-refractivity contribution in [3.8, 4) is 0 Å². The highest BCUT2D eigenvalue weighted by atomic mass is 15.1. The molecule has 0 radical (unpaired) electrons. The summed E-state index contributed by atoms with van der Waals surface area (Å²) in [7, 11) is 0. The zero-order chi connectivity index (χ0) is 13.0. The van der Waals surface area contributed by atoms with Gasteiger partial charge in [-0.05, 0) is 19.1 Å². The summed E-state index contributed by atoms with van der Waals surface area (Å²) in [5, 5.41) is 3.28. The van der Waals surface area contributed by atoms with E-state index in [1.54, 1.807) is 12.3 Å². The van der Waals surface area contributed by atoms with E-state index in [1.165, 1.54) is 0 Å². The van der Waals surface area contributed by atoms with Crippen molar-refractivity contribution in [2.24, 2.45) is 0 Å². The molecule has 2 heterocycles. The number of nitrogen functional groups attached to an aromatic ring is 1. The summed E-state index contributed by atoms with van der Waals surface area (Å²) in [5.41, 5.74) is 6.71. The van der Waals surface area contributed by atoms with Gasteiger partial charge in [0, 0.05) is 18.7 Å². The molecule has 0 aliphatic carbocycles. The molecule has 0 aromatic carbocycles. The fraction of sp³-hybridized carbons (Fsp3) is 0.308. The Hall–Kier alpha value is -2.17. The molecule has 1 atom stereocenters. The van der Waals surface area contributed by atoms with Crippen LogP contribution in [-0.4, -0.2) is 15.0 Å². The molecule has 0 fully saturated rings. The molecule has 0 saturated heterocycles. The van der Waals surface area contributed by atoms with Gasteiger partial charge in [0.15, 0.2) is 0 Å². The minimum Gasteiger partial charge on any atom is -0.384 e. The normalized spacial score (nSPS) is 12.1. The van der Waals surface area contributed by atoms with Crippen molar-refractivity contribution in [1.29, 1.82) is 0 Å². The van der Waals surface area contributed by atoms with E-state index in [1.807, 2.05) is 32.0 Å². The van der Waals surface area contributed by atoms with Crippen molar-refractivity contribution in [1.82, 2.24) is 15.0 Å². The van der Waals surface area contributed by atoms with Gasteiger partial charge in [-0.3, -0.25) is 4.98 Å². The van der Waals surface area contributed by atoms with Crippen LogP contribution >= 0.6 is 0 Å². The molecule has 94 valence electrons. The first-order chi connectivity index (χ1) is 8.69. The maximum Gasteiger partial charge on any atom is 0.132 e. The van der Waals surface area contributed by atoms with E-state index in [0.29, 0.717) is 5.82 Å². The van der Waals surface area contributed by atoms with E-state index < -0.39 is 0 Å². The number of hydrogen-bond donors (Lipinski definition) is 2. The van der Waals surface area contributed by atoms with Crippen molar-refractivity contribution >= 4 is 11.6 Å². The molecule has 0 spiro atoms. The van der Waals surface area contributed by atoms with Crippen LogP contribution in [0.15, 0.2) is 30.5 Å². The molecule has 3 N–H and O–H groups in total. The summed E-state index contributed by atoms with van der Waals surface area (Å²) in [6.07, 6.45) is 2.54. The van der Waals surface area contributed by atoms with E-state index in [0.717, 1.165) is 23.8 Å². The monoisotopic (exact) mass is 243 g/mol. The predicted molar refractivity (Wildman–Crippen MR) is 72.1 cm³/mol. The molecule has 0 aliphatic rings. The second-order valence-corrected chi connectivity index (χ2v) is 4.07. The van der Waals surface area contributed by atoms with Crippen molar-refractivity contribution in [2.75, 3.05) is 11.1 Å². The molecule has 0 amide bonds. The minimum absolute atomic E-state index is 0.0743. The molecule has 1 unspecified atom stereocenters. The fourth-order valence-corrected chi connectivity index (χ4v) is 1.68. The van der Waals surface area contributed by atoms with Crippen LogP contribution in [0, 0.1) is 0 Å². The van der Waals surface area contributed by atoms with Gasteiger partial charge in [0.2, 0.25) is 0 Å². The summed E-state index contributed by atoms with van der Waals surface area (Å²) in [5.74, 6) is 1.96. The zero-order valence-electron chi connectivity index (χ0n) is 10.6. The third kappa shape index (κ3) is 2.94. The van der Waals surface area contributed by atoms with Crippen molar-refractivity contribution in [2.45, 2.75) is 26.3 Å². The second-order valence-electron chi connectivity index (χ2n) is 4.07. The first-order valence-corrected chi connectivity index (χ1v) is 6.00. The smallest absolute Gasteiger partial charge is 0.132 e. The molecule has 2 aromatic heterocycles. The second kappa shape index (κ2) is 5.44. The number of rotatable bonds is 4. The molecule has 0 saturated carbocycles. The van der Waals surface area contributed by atoms with Crippen LogP contribution in [0.3, 0.4) is 0 Å². The van der Waals surface area contributed by atoms with Gasteiger partial charge < -0.3 is 11.1 Å². The Kier molecular flexibility index (Phi) is 3.72. The largest absolute Gasteiger partial charge is 0.384 e. The highest BCUT2D eigenvalue weighted by Crippen LogP contribution is 2.17. The SMILES string of the molecule is CCc1nc(N)cc(NC(C)c2ccccn2)n1. The van der Waals surface area contributed by atoms with Gasteiger partial charge in [-0.15, -0.1) is 0 Å². The third-order valence-corrected chi connectivity index (χ3v) is 2.60. The average Bonchev–Trinajstić information content (AvgIpc) is 2.39. The van der Waals surface area contributed by atoms with Crippen molar-refractivity contribution in [3.05, 3.63) is 42.0 Å². The number of pyridine rings is 1. The topological polar surface area (TPSA) is 76.7 Å². The number of aromatic nitrogens is 3. The molecule has 18 heavy (non-hydrogen) atoms. The van der Waals surface area contributed by atoms with E-state index >= 15 is 0 Å². The van der Waals surface area contributed by atoms with Crippen molar-refractivity contribution in [3.63, 3.8) is 0 Å². The Balaban J connectivity index is 2.16. The number of aryl methyl sites for hydroxylation is 1. The van der Waals surface area contributed by atoms with Crippen LogP contribution in [0.5, 0.6) is 0 Å². The van der Waals surface area contributed by atoms with Gasteiger partial charge in [-0.25, -0.2) is 9.97 Å². The quantitative estimate of drug-likeness (QED) is 0.860. The maximum atomic E-state index is 5.74. The van der Waals surface area contributed by atoms with Gasteiger partial charge in [0.1, 0.15) is 17.5 Å². The minimum atomic E-state index is 0.0743. The predicted octanol–water partition coefficient (Wildman–Crippen LogP) is 2.19. The summed E-state index contributed by atoms with van der Waals surface area (Å²) in [6, 6.07) is 7.65. The lowest BCUT2D eigenvalue weighted by molar-refractivity contribution is 0.823. The zero-order valence-corrected chi connectivity index (χ0v) is 10.6. The van der Waals surface area contributed by atoms with Crippen molar-refractivity contribution < 1.29 is 0 Å². The molecule has 0 bridgehead atoms. The molecule has 5 nitrogen and oxygen atoms in total. The lowest BCUT2D eigenvalue weighted by Crippen LogP contribution is -2.11. The molecule has 5 heteroatoms. The molecular weight excluding hydrogens is 226 g/mol. The summed E-state index contributed by atoms with van der Waals surface area (Å²) in [4.78, 5) is 12.8. The number of anilines is 2. The summed E-state index contributed by atoms with van der Waals surface area (Å²) in [6.45, 7) is 4.03. The van der Waals surface area contributed by atoms with Gasteiger partial charge in [-0.2, -0.15) is 0 Å². The Bertz CT molecular complexity index is 512. The lowest BCUT2D eigenvalue weighted by atomic mass is 10.2. The van der Waals surface area contributed by atoms with Gasteiger partial charge in [0.05, 0.1) is 11.7 Å². The summed E-state index contributed by atoms with van der Waals surface area (Å²) >= 11 is 0. The van der Waals surface area contributed by atoms with Crippen LogP contribution in [0.2, 0.25) is 0 Å². The Labute approximate surface area is 106 Å². The Morgan fingerprint density at radius 1 is 1.33 bits per heavy atom. The number of nitrogens with one attached hydrogen (secondary N) is 1. The number of hydrogen-bond acceptors (Lipinski definition) is 5. The van der Waals surface area contributed by atoms with Crippen LogP contribution in [0.4, 0.5) is 11.6 Å². The first-order valence-electron chi connectivity index (χ1n) is 6.00. The van der Waals surface area contributed by atoms with Crippen LogP contribution in [0.25, 0.3) is 0 Å². The van der Waals surface area contributed by atoms with Gasteiger partial charge in [-0.1, -0.05) is 13.0 Å². The van der Waals surface area contributed by atoms with E-state index in [-0.39, 0.29) is 6.04 Å². The van der Waals surface area contributed by atoms with Gasteiger partial charge in [0.25, 0.3) is 0 Å². The number of nitrogens with two attached hydrogens (primary N) is 1. The highest BCUT2D eigenvalue weighted by Gasteiger charge is 2.08. The van der Waals surface area contributed by atoms with Crippen LogP contribution in [-0.2, 0) is 6.42 Å². The lowest BCUT2D eigenvalue weighted by Gasteiger charge is -2.14. The van der Waals surface area contributed by atoms with E-state index in [4.69, 9.17) is 5.73 Å². The molecule has 2 rings (SSSR count). The fourth-order valence-electron chi connectivity index (χ4n) is 1.68. The van der Waals surface area contributed by atoms with E-state index in [9.17, 15) is 0 Å². The average molecular weight is 243 g/mol. The molecule has 0 aliphatic heterocycles. The summed E-state index contributed by atoms with van der Waals surface area (Å²) < 4.78 is 0. The molecule has 2 aromatic rings. The van der Waals surface area contributed by atoms with Gasteiger partial charge >= 0.3 is 0 Å². The third-order valence-electron chi connectivity index (χ3n) is 2.60. The highest BCUT2D eigenvalue weighted by molar-refractivity contribution is 5.45. The molecular formula is C13H17N5. The standard InChI is InChI=1S/C13H17N5/c1-3-12-17-11(14)8-13(18-12)16-9(2)10-6-4-5-7-15-10/h4-9H,3H2,1-2H3,(H3,14,16,17,18). The first kappa shape index (κ1) is 12.3. The van der Waals surface area contributed by atoms with Crippen LogP contribution < -0.4 is 11.1 Å². The van der Waals surface area contributed by atoms with E-state index in [2.05, 4.69) is 20.3 Å². The maximum absolute atomic E-state index is 5.74. The number of nitrogens with zero attached hydrogens (tertiary/aromatic N) is 3.